The number of carbonyl (C=O) groups is 1. The first kappa shape index (κ1) is 15.5. The summed E-state index contributed by atoms with van der Waals surface area (Å²) in [5.74, 6) is -0.661. The second-order valence-corrected chi connectivity index (χ2v) is 3.96. The van der Waals surface area contributed by atoms with Gasteiger partial charge < -0.3 is 15.8 Å². The first-order valence-corrected chi connectivity index (χ1v) is 6.03. The Bertz CT molecular complexity index is 374. The van der Waals surface area contributed by atoms with Crippen LogP contribution >= 0.6 is 0 Å². The maximum absolute atomic E-state index is 11.9. The van der Waals surface area contributed by atoms with E-state index in [9.17, 15) is 13.6 Å². The molecular weight excluding hydrogens is 254 g/mol. The Morgan fingerprint density at radius 1 is 1.32 bits per heavy atom. The number of nitrogens with two attached hydrogens (primary N) is 1. The van der Waals surface area contributed by atoms with Crippen molar-refractivity contribution in [3.05, 3.63) is 35.9 Å². The SMILES string of the molecule is NCC(C(=O)NCCOCC(F)F)c1ccccc1. The molecule has 0 fully saturated rings. The van der Waals surface area contributed by atoms with E-state index in [2.05, 4.69) is 10.1 Å². The minimum Gasteiger partial charge on any atom is -0.374 e. The predicted octanol–water partition coefficient (Wildman–Crippen LogP) is 1.13. The van der Waals surface area contributed by atoms with Crippen LogP contribution < -0.4 is 11.1 Å². The molecule has 1 aromatic rings. The fourth-order valence-electron chi connectivity index (χ4n) is 1.62. The molecule has 4 nitrogen and oxygen atoms in total. The molecule has 0 heterocycles. The lowest BCUT2D eigenvalue weighted by Gasteiger charge is -2.15. The maximum atomic E-state index is 11.9. The van der Waals surface area contributed by atoms with Crippen LogP contribution in [0.25, 0.3) is 0 Å². The third-order valence-corrected chi connectivity index (χ3v) is 2.54. The van der Waals surface area contributed by atoms with Crippen molar-refractivity contribution in [1.82, 2.24) is 5.32 Å². The molecule has 0 radical (unpaired) electrons. The minimum atomic E-state index is -2.49. The van der Waals surface area contributed by atoms with Gasteiger partial charge in [-0.1, -0.05) is 30.3 Å². The molecule has 0 aliphatic carbocycles. The molecule has 0 bridgehead atoms. The molecule has 1 aromatic carbocycles. The number of ether oxygens (including phenoxy) is 1. The highest BCUT2D eigenvalue weighted by atomic mass is 19.3. The number of halogens is 2. The van der Waals surface area contributed by atoms with Crippen molar-refractivity contribution in [1.29, 1.82) is 0 Å². The number of alkyl halides is 2. The van der Waals surface area contributed by atoms with E-state index < -0.39 is 19.0 Å². The largest absolute Gasteiger partial charge is 0.374 e. The van der Waals surface area contributed by atoms with Crippen LogP contribution in [0.15, 0.2) is 30.3 Å². The van der Waals surface area contributed by atoms with Gasteiger partial charge in [-0.05, 0) is 5.56 Å². The van der Waals surface area contributed by atoms with Gasteiger partial charge in [0.1, 0.15) is 6.61 Å². The predicted molar refractivity (Wildman–Crippen MR) is 68.1 cm³/mol. The van der Waals surface area contributed by atoms with Crippen molar-refractivity contribution >= 4 is 5.91 Å². The second kappa shape index (κ2) is 8.55. The van der Waals surface area contributed by atoms with E-state index in [4.69, 9.17) is 5.73 Å². The van der Waals surface area contributed by atoms with Gasteiger partial charge in [-0.15, -0.1) is 0 Å². The Kier molecular flexibility index (Phi) is 6.99. The van der Waals surface area contributed by atoms with Crippen LogP contribution in [0.2, 0.25) is 0 Å². The number of rotatable bonds is 8. The monoisotopic (exact) mass is 272 g/mol. The van der Waals surface area contributed by atoms with Crippen LogP contribution in [0.5, 0.6) is 0 Å². The fraction of sp³-hybridized carbons (Fsp3) is 0.462. The molecule has 1 amide bonds. The van der Waals surface area contributed by atoms with Crippen molar-refractivity contribution in [2.45, 2.75) is 12.3 Å². The lowest BCUT2D eigenvalue weighted by molar-refractivity contribution is -0.122. The Morgan fingerprint density at radius 2 is 2.00 bits per heavy atom. The summed E-state index contributed by atoms with van der Waals surface area (Å²) in [6, 6.07) is 9.16. The van der Waals surface area contributed by atoms with Gasteiger partial charge in [-0.3, -0.25) is 4.79 Å². The fourth-order valence-corrected chi connectivity index (χ4v) is 1.62. The highest BCUT2D eigenvalue weighted by Gasteiger charge is 2.18. The molecule has 1 atom stereocenters. The van der Waals surface area contributed by atoms with E-state index in [1.807, 2.05) is 30.3 Å². The van der Waals surface area contributed by atoms with Crippen LogP contribution in [0, 0.1) is 0 Å². The highest BCUT2D eigenvalue weighted by molar-refractivity contribution is 5.83. The number of hydrogen-bond acceptors (Lipinski definition) is 3. The number of amides is 1. The van der Waals surface area contributed by atoms with Crippen molar-refractivity contribution < 1.29 is 18.3 Å². The normalized spacial score (nSPS) is 12.4. The van der Waals surface area contributed by atoms with Crippen LogP contribution in [-0.4, -0.2) is 38.6 Å². The second-order valence-electron chi connectivity index (χ2n) is 3.96. The standard InChI is InChI=1S/C13H18F2N2O2/c14-12(15)9-19-7-6-17-13(18)11(8-16)10-4-2-1-3-5-10/h1-5,11-12H,6-9,16H2,(H,17,18). The van der Waals surface area contributed by atoms with Gasteiger partial charge >= 0.3 is 0 Å². The van der Waals surface area contributed by atoms with Gasteiger partial charge in [0.25, 0.3) is 6.43 Å². The molecule has 19 heavy (non-hydrogen) atoms. The van der Waals surface area contributed by atoms with Crippen molar-refractivity contribution in [2.24, 2.45) is 5.73 Å². The average Bonchev–Trinajstić information content (AvgIpc) is 2.40. The quantitative estimate of drug-likeness (QED) is 0.697. The molecule has 0 saturated carbocycles. The van der Waals surface area contributed by atoms with Crippen LogP contribution in [0.3, 0.4) is 0 Å². The van der Waals surface area contributed by atoms with Crippen molar-refractivity contribution in [2.75, 3.05) is 26.3 Å². The van der Waals surface area contributed by atoms with E-state index in [1.165, 1.54) is 0 Å². The number of nitrogens with one attached hydrogen (secondary N) is 1. The van der Waals surface area contributed by atoms with E-state index in [1.54, 1.807) is 0 Å². The molecule has 6 heteroatoms. The molecule has 106 valence electrons. The summed E-state index contributed by atoms with van der Waals surface area (Å²) < 4.78 is 28.3. The summed E-state index contributed by atoms with van der Waals surface area (Å²) in [5, 5.41) is 2.62. The smallest absolute Gasteiger partial charge is 0.261 e. The summed E-state index contributed by atoms with van der Waals surface area (Å²) in [4.78, 5) is 11.9. The van der Waals surface area contributed by atoms with E-state index in [0.29, 0.717) is 0 Å². The molecule has 0 saturated heterocycles. The van der Waals surface area contributed by atoms with Crippen LogP contribution in [-0.2, 0) is 9.53 Å². The molecular formula is C13H18F2N2O2. The van der Waals surface area contributed by atoms with Gasteiger partial charge in [0, 0.05) is 13.1 Å². The summed E-state index contributed by atoms with van der Waals surface area (Å²) in [6.07, 6.45) is -2.49. The maximum Gasteiger partial charge on any atom is 0.261 e. The van der Waals surface area contributed by atoms with Crippen LogP contribution in [0.1, 0.15) is 11.5 Å². The van der Waals surface area contributed by atoms with Gasteiger partial charge in [-0.2, -0.15) is 0 Å². The Hall–Kier alpha value is -1.53. The van der Waals surface area contributed by atoms with E-state index in [-0.39, 0.29) is 25.6 Å². The first-order valence-electron chi connectivity index (χ1n) is 6.03. The highest BCUT2D eigenvalue weighted by Crippen LogP contribution is 2.13. The summed E-state index contributed by atoms with van der Waals surface area (Å²) in [5.41, 5.74) is 6.41. The molecule has 1 rings (SSSR count). The van der Waals surface area contributed by atoms with E-state index >= 15 is 0 Å². The zero-order valence-electron chi connectivity index (χ0n) is 10.5. The zero-order chi connectivity index (χ0) is 14.1. The van der Waals surface area contributed by atoms with Gasteiger partial charge in [0.2, 0.25) is 5.91 Å². The third-order valence-electron chi connectivity index (χ3n) is 2.54. The summed E-state index contributed by atoms with van der Waals surface area (Å²) in [7, 11) is 0. The number of benzene rings is 1. The number of hydrogen-bond donors (Lipinski definition) is 2. The Balaban J connectivity index is 2.35. The molecule has 0 spiro atoms. The molecule has 0 aromatic heterocycles. The van der Waals surface area contributed by atoms with Gasteiger partial charge in [-0.25, -0.2) is 8.78 Å². The van der Waals surface area contributed by atoms with E-state index in [0.717, 1.165) is 5.56 Å². The Morgan fingerprint density at radius 3 is 2.58 bits per heavy atom. The molecule has 0 aliphatic rings. The topological polar surface area (TPSA) is 64.4 Å². The Labute approximate surface area is 110 Å². The molecule has 1 unspecified atom stereocenters. The average molecular weight is 272 g/mol. The van der Waals surface area contributed by atoms with Crippen LogP contribution in [0.4, 0.5) is 8.78 Å². The minimum absolute atomic E-state index is 0.0577. The zero-order valence-corrected chi connectivity index (χ0v) is 10.5. The number of carbonyl (C=O) groups excluding carboxylic acids is 1. The molecule has 0 aliphatic heterocycles. The van der Waals surface area contributed by atoms with Gasteiger partial charge in [0.05, 0.1) is 12.5 Å². The first-order chi connectivity index (χ1) is 9.15. The summed E-state index contributed by atoms with van der Waals surface area (Å²) >= 11 is 0. The van der Waals surface area contributed by atoms with Crippen molar-refractivity contribution in [3.63, 3.8) is 0 Å². The molecule has 3 N–H and O–H groups in total. The van der Waals surface area contributed by atoms with Gasteiger partial charge in [0.15, 0.2) is 0 Å². The lowest BCUT2D eigenvalue weighted by Crippen LogP contribution is -2.35. The lowest BCUT2D eigenvalue weighted by atomic mass is 9.98. The summed E-state index contributed by atoms with van der Waals surface area (Å²) in [6.45, 7) is -0.181. The van der Waals surface area contributed by atoms with Crippen molar-refractivity contribution in [3.8, 4) is 0 Å². The third kappa shape index (κ3) is 5.76.